The predicted octanol–water partition coefficient (Wildman–Crippen LogP) is 4.94. The Hall–Kier alpha value is -2.03. The molecule has 2 aromatic carbocycles. The molecular formula is C20H19BrN2O3S2. The number of hydrogen-bond donors (Lipinski definition) is 1. The van der Waals surface area contributed by atoms with E-state index in [1.807, 2.05) is 29.6 Å². The highest BCUT2D eigenvalue weighted by Gasteiger charge is 2.19. The van der Waals surface area contributed by atoms with Gasteiger partial charge in [-0.15, -0.1) is 11.3 Å². The van der Waals surface area contributed by atoms with E-state index in [2.05, 4.69) is 26.2 Å². The summed E-state index contributed by atoms with van der Waals surface area (Å²) in [6.07, 6.45) is 0.148. The highest BCUT2D eigenvalue weighted by Crippen LogP contribution is 2.26. The first kappa shape index (κ1) is 20.7. The first-order chi connectivity index (χ1) is 13.3. The van der Waals surface area contributed by atoms with Crippen LogP contribution < -0.4 is 5.32 Å². The summed E-state index contributed by atoms with van der Waals surface area (Å²) < 4.78 is 25.3. The van der Waals surface area contributed by atoms with Crippen molar-refractivity contribution in [3.8, 4) is 11.3 Å². The van der Waals surface area contributed by atoms with E-state index >= 15 is 0 Å². The molecule has 0 aliphatic carbocycles. The standard InChI is InChI=1S/C20H19BrN2O3S2/c1-13(2)28(25,26)17-9-3-14(4-10-17)11-19(24)23-20-22-18(12-27-20)15-5-7-16(21)8-6-15/h3-10,12-13H,11H2,1-2H3,(H,22,23,24). The number of aromatic nitrogens is 1. The molecule has 0 fully saturated rings. The maximum Gasteiger partial charge on any atom is 0.230 e. The number of anilines is 1. The van der Waals surface area contributed by atoms with Crippen LogP contribution in [0.25, 0.3) is 11.3 Å². The number of hydrogen-bond acceptors (Lipinski definition) is 5. The topological polar surface area (TPSA) is 76.1 Å². The molecule has 146 valence electrons. The van der Waals surface area contributed by atoms with Gasteiger partial charge < -0.3 is 5.32 Å². The summed E-state index contributed by atoms with van der Waals surface area (Å²) in [7, 11) is -3.31. The van der Waals surface area contributed by atoms with E-state index in [-0.39, 0.29) is 17.2 Å². The molecule has 28 heavy (non-hydrogen) atoms. The third-order valence-corrected chi connectivity index (χ3v) is 7.58. The van der Waals surface area contributed by atoms with E-state index in [4.69, 9.17) is 0 Å². The zero-order valence-corrected chi connectivity index (χ0v) is 18.6. The number of nitrogens with one attached hydrogen (secondary N) is 1. The van der Waals surface area contributed by atoms with Crippen LogP contribution in [-0.2, 0) is 21.1 Å². The summed E-state index contributed by atoms with van der Waals surface area (Å²) in [4.78, 5) is 17.0. The molecule has 0 saturated carbocycles. The van der Waals surface area contributed by atoms with Crippen molar-refractivity contribution in [1.29, 1.82) is 0 Å². The average Bonchev–Trinajstić information content (AvgIpc) is 3.11. The summed E-state index contributed by atoms with van der Waals surface area (Å²) in [5.41, 5.74) is 2.52. The fraction of sp³-hybridized carbons (Fsp3) is 0.200. The van der Waals surface area contributed by atoms with Gasteiger partial charge in [-0.3, -0.25) is 4.79 Å². The maximum atomic E-state index is 12.3. The van der Waals surface area contributed by atoms with E-state index in [1.54, 1.807) is 38.1 Å². The van der Waals surface area contributed by atoms with Gasteiger partial charge in [0.15, 0.2) is 15.0 Å². The lowest BCUT2D eigenvalue weighted by molar-refractivity contribution is -0.115. The molecule has 1 amide bonds. The lowest BCUT2D eigenvalue weighted by Crippen LogP contribution is -2.15. The fourth-order valence-corrected chi connectivity index (χ4v) is 4.56. The van der Waals surface area contributed by atoms with Crippen LogP contribution in [0.1, 0.15) is 19.4 Å². The Morgan fingerprint density at radius 1 is 1.11 bits per heavy atom. The van der Waals surface area contributed by atoms with Crippen LogP contribution in [0.4, 0.5) is 5.13 Å². The second kappa shape index (κ2) is 8.55. The Morgan fingerprint density at radius 2 is 1.75 bits per heavy atom. The number of carbonyl (C=O) groups excluding carboxylic acids is 1. The molecule has 1 heterocycles. The number of nitrogens with zero attached hydrogens (tertiary/aromatic N) is 1. The Balaban J connectivity index is 1.64. The van der Waals surface area contributed by atoms with Crippen molar-refractivity contribution in [2.45, 2.75) is 30.4 Å². The van der Waals surface area contributed by atoms with E-state index < -0.39 is 15.1 Å². The van der Waals surface area contributed by atoms with Crippen molar-refractivity contribution in [2.24, 2.45) is 0 Å². The quantitative estimate of drug-likeness (QED) is 0.544. The van der Waals surface area contributed by atoms with Crippen LogP contribution in [0.15, 0.2) is 63.3 Å². The predicted molar refractivity (Wildman–Crippen MR) is 116 cm³/mol. The molecule has 0 aliphatic heterocycles. The van der Waals surface area contributed by atoms with Crippen LogP contribution in [0.2, 0.25) is 0 Å². The average molecular weight is 479 g/mol. The number of benzene rings is 2. The normalized spacial score (nSPS) is 11.6. The van der Waals surface area contributed by atoms with Crippen LogP contribution in [0.5, 0.6) is 0 Å². The molecule has 3 aromatic rings. The smallest absolute Gasteiger partial charge is 0.230 e. The fourth-order valence-electron chi connectivity index (χ4n) is 2.50. The first-order valence-corrected chi connectivity index (χ1v) is 11.8. The third kappa shape index (κ3) is 4.87. The van der Waals surface area contributed by atoms with Crippen LogP contribution >= 0.6 is 27.3 Å². The molecule has 0 atom stereocenters. The largest absolute Gasteiger partial charge is 0.302 e. The molecular weight excluding hydrogens is 460 g/mol. The van der Waals surface area contributed by atoms with Gasteiger partial charge in [0.25, 0.3) is 0 Å². The molecule has 0 aliphatic rings. The van der Waals surface area contributed by atoms with Crippen molar-refractivity contribution in [3.05, 3.63) is 63.9 Å². The number of amides is 1. The lowest BCUT2D eigenvalue weighted by atomic mass is 10.1. The van der Waals surface area contributed by atoms with E-state index in [0.29, 0.717) is 5.13 Å². The zero-order valence-electron chi connectivity index (χ0n) is 15.3. The molecule has 1 N–H and O–H groups in total. The molecule has 8 heteroatoms. The minimum absolute atomic E-state index is 0.148. The van der Waals surface area contributed by atoms with Crippen LogP contribution in [0, 0.1) is 0 Å². The maximum absolute atomic E-state index is 12.3. The van der Waals surface area contributed by atoms with Gasteiger partial charge in [0.2, 0.25) is 5.91 Å². The van der Waals surface area contributed by atoms with E-state index in [1.165, 1.54) is 11.3 Å². The minimum atomic E-state index is -3.31. The summed E-state index contributed by atoms with van der Waals surface area (Å²) >= 11 is 4.76. The third-order valence-electron chi connectivity index (χ3n) is 4.13. The van der Waals surface area contributed by atoms with Crippen molar-refractivity contribution >= 4 is 48.1 Å². The molecule has 0 unspecified atom stereocenters. The summed E-state index contributed by atoms with van der Waals surface area (Å²) in [5, 5.41) is 4.74. The molecule has 0 bridgehead atoms. The Bertz CT molecular complexity index is 1070. The van der Waals surface area contributed by atoms with Crippen molar-refractivity contribution in [1.82, 2.24) is 4.98 Å². The number of carbonyl (C=O) groups is 1. The number of rotatable bonds is 6. The van der Waals surface area contributed by atoms with Gasteiger partial charge in [0, 0.05) is 15.4 Å². The van der Waals surface area contributed by atoms with E-state index in [0.717, 1.165) is 21.3 Å². The Kier molecular flexibility index (Phi) is 6.32. The zero-order chi connectivity index (χ0) is 20.3. The van der Waals surface area contributed by atoms with E-state index in [9.17, 15) is 13.2 Å². The monoisotopic (exact) mass is 478 g/mol. The summed E-state index contributed by atoms with van der Waals surface area (Å²) in [6, 6.07) is 14.2. The second-order valence-corrected chi connectivity index (χ2v) is 10.8. The minimum Gasteiger partial charge on any atom is -0.302 e. The lowest BCUT2D eigenvalue weighted by Gasteiger charge is -2.08. The van der Waals surface area contributed by atoms with Gasteiger partial charge in [-0.05, 0) is 43.7 Å². The SMILES string of the molecule is CC(C)S(=O)(=O)c1ccc(CC(=O)Nc2nc(-c3ccc(Br)cc3)cs2)cc1. The summed E-state index contributed by atoms with van der Waals surface area (Å²) in [6.45, 7) is 3.29. The van der Waals surface area contributed by atoms with Crippen molar-refractivity contribution in [2.75, 3.05) is 5.32 Å². The molecule has 5 nitrogen and oxygen atoms in total. The van der Waals surface area contributed by atoms with Crippen LogP contribution in [0.3, 0.4) is 0 Å². The Morgan fingerprint density at radius 3 is 2.36 bits per heavy atom. The molecule has 1 aromatic heterocycles. The van der Waals surface area contributed by atoms with Gasteiger partial charge in [-0.1, -0.05) is 40.2 Å². The van der Waals surface area contributed by atoms with Gasteiger partial charge in [0.1, 0.15) is 0 Å². The van der Waals surface area contributed by atoms with Gasteiger partial charge in [0.05, 0.1) is 22.3 Å². The van der Waals surface area contributed by atoms with Gasteiger partial charge in [-0.2, -0.15) is 0 Å². The molecule has 3 rings (SSSR count). The highest BCUT2D eigenvalue weighted by molar-refractivity contribution is 9.10. The van der Waals surface area contributed by atoms with Gasteiger partial charge >= 0.3 is 0 Å². The number of thiazole rings is 1. The van der Waals surface area contributed by atoms with Crippen molar-refractivity contribution < 1.29 is 13.2 Å². The first-order valence-electron chi connectivity index (χ1n) is 8.60. The second-order valence-electron chi connectivity index (χ2n) is 6.51. The van der Waals surface area contributed by atoms with Gasteiger partial charge in [-0.25, -0.2) is 13.4 Å². The highest BCUT2D eigenvalue weighted by atomic mass is 79.9. The summed E-state index contributed by atoms with van der Waals surface area (Å²) in [5.74, 6) is -0.198. The molecule has 0 spiro atoms. The number of halogens is 1. The van der Waals surface area contributed by atoms with Crippen molar-refractivity contribution in [3.63, 3.8) is 0 Å². The van der Waals surface area contributed by atoms with Crippen LogP contribution in [-0.4, -0.2) is 24.6 Å². The Labute approximate surface area is 176 Å². The molecule has 0 radical (unpaired) electrons. The number of sulfone groups is 1. The molecule has 0 saturated heterocycles.